The number of sulfonamides is 1. The fourth-order valence-electron chi connectivity index (χ4n) is 1.98. The van der Waals surface area contributed by atoms with Gasteiger partial charge in [0.15, 0.2) is 0 Å². The third kappa shape index (κ3) is 2.37. The number of nitriles is 1. The molecule has 18 heavy (non-hydrogen) atoms. The van der Waals surface area contributed by atoms with Crippen LogP contribution >= 0.6 is 0 Å². The first-order valence-corrected chi connectivity index (χ1v) is 7.23. The highest BCUT2D eigenvalue weighted by Gasteiger charge is 2.35. The van der Waals surface area contributed by atoms with Crippen LogP contribution < -0.4 is 0 Å². The molecule has 96 valence electrons. The van der Waals surface area contributed by atoms with Crippen LogP contribution in [0.3, 0.4) is 0 Å². The average Bonchev–Trinajstić information content (AvgIpc) is 2.40. The number of aromatic nitrogens is 1. The Labute approximate surface area is 107 Å². The van der Waals surface area contributed by atoms with Crippen LogP contribution in [0.1, 0.15) is 19.8 Å². The van der Waals surface area contributed by atoms with Crippen molar-refractivity contribution < 1.29 is 8.42 Å². The first-order valence-electron chi connectivity index (χ1n) is 5.79. The maximum atomic E-state index is 12.3. The van der Waals surface area contributed by atoms with Crippen LogP contribution in [0.15, 0.2) is 29.4 Å². The highest BCUT2D eigenvalue weighted by atomic mass is 32.2. The van der Waals surface area contributed by atoms with Crippen molar-refractivity contribution in [2.24, 2.45) is 5.41 Å². The summed E-state index contributed by atoms with van der Waals surface area (Å²) in [5, 5.41) is 9.03. The summed E-state index contributed by atoms with van der Waals surface area (Å²) < 4.78 is 26.0. The summed E-state index contributed by atoms with van der Waals surface area (Å²) in [6.07, 6.45) is 4.04. The molecule has 1 saturated heterocycles. The zero-order valence-corrected chi connectivity index (χ0v) is 11.0. The summed E-state index contributed by atoms with van der Waals surface area (Å²) >= 11 is 0. The molecular weight excluding hydrogens is 250 g/mol. The zero-order valence-electron chi connectivity index (χ0n) is 10.2. The first kappa shape index (κ1) is 13.0. The third-order valence-corrected chi connectivity index (χ3v) is 5.25. The second-order valence-electron chi connectivity index (χ2n) is 4.77. The summed E-state index contributed by atoms with van der Waals surface area (Å²) in [6.45, 7) is 2.66. The highest BCUT2D eigenvalue weighted by Crippen LogP contribution is 2.32. The number of hydrogen-bond donors (Lipinski definition) is 0. The lowest BCUT2D eigenvalue weighted by molar-refractivity contribution is 0.232. The fraction of sp³-hybridized carbons (Fsp3) is 0.500. The zero-order chi connectivity index (χ0) is 13.2. The van der Waals surface area contributed by atoms with Crippen molar-refractivity contribution in [2.75, 3.05) is 13.1 Å². The molecule has 0 amide bonds. The van der Waals surface area contributed by atoms with Crippen molar-refractivity contribution >= 4 is 10.0 Å². The van der Waals surface area contributed by atoms with E-state index in [4.69, 9.17) is 5.26 Å². The quantitative estimate of drug-likeness (QED) is 0.810. The largest absolute Gasteiger partial charge is 0.263 e. The van der Waals surface area contributed by atoms with Gasteiger partial charge in [-0.1, -0.05) is 0 Å². The number of nitrogens with zero attached hydrogens (tertiary/aromatic N) is 3. The molecule has 5 nitrogen and oxygen atoms in total. The molecule has 0 aromatic carbocycles. The van der Waals surface area contributed by atoms with E-state index < -0.39 is 15.4 Å². The molecular formula is C12H15N3O2S. The van der Waals surface area contributed by atoms with Gasteiger partial charge in [-0.15, -0.1) is 0 Å². The standard InChI is InChI=1S/C12H15N3O2S/c1-12(10-13)4-7-15(8-5-12)18(16,17)11-3-2-6-14-9-11/h2-3,6,9H,4-5,7-8H2,1H3. The molecule has 0 bridgehead atoms. The maximum Gasteiger partial charge on any atom is 0.244 e. The van der Waals surface area contributed by atoms with Crippen LogP contribution in [-0.2, 0) is 10.0 Å². The molecule has 0 aliphatic carbocycles. The van der Waals surface area contributed by atoms with E-state index in [0.29, 0.717) is 25.9 Å². The first-order chi connectivity index (χ1) is 8.48. The van der Waals surface area contributed by atoms with Gasteiger partial charge in [-0.25, -0.2) is 8.42 Å². The van der Waals surface area contributed by atoms with Gasteiger partial charge >= 0.3 is 0 Å². The molecule has 0 unspecified atom stereocenters. The van der Waals surface area contributed by atoms with E-state index in [9.17, 15) is 8.42 Å². The van der Waals surface area contributed by atoms with E-state index in [1.807, 2.05) is 6.92 Å². The summed E-state index contributed by atoms with van der Waals surface area (Å²) in [5.41, 5.74) is -0.402. The maximum absolute atomic E-state index is 12.3. The molecule has 1 aliphatic rings. The van der Waals surface area contributed by atoms with Gasteiger partial charge in [-0.05, 0) is 31.9 Å². The van der Waals surface area contributed by atoms with Gasteiger partial charge in [0.05, 0.1) is 11.5 Å². The number of rotatable bonds is 2. The molecule has 0 N–H and O–H groups in total. The minimum absolute atomic E-state index is 0.213. The van der Waals surface area contributed by atoms with Crippen LogP contribution in [-0.4, -0.2) is 30.8 Å². The van der Waals surface area contributed by atoms with Crippen molar-refractivity contribution in [1.29, 1.82) is 5.26 Å². The van der Waals surface area contributed by atoms with Gasteiger partial charge in [0.1, 0.15) is 4.90 Å². The van der Waals surface area contributed by atoms with Crippen LogP contribution in [0.4, 0.5) is 0 Å². The third-order valence-electron chi connectivity index (χ3n) is 3.37. The number of pyridine rings is 1. The van der Waals surface area contributed by atoms with Crippen LogP contribution in [0, 0.1) is 16.7 Å². The van der Waals surface area contributed by atoms with Crippen molar-refractivity contribution in [1.82, 2.24) is 9.29 Å². The lowest BCUT2D eigenvalue weighted by atomic mass is 9.83. The molecule has 1 fully saturated rings. The second-order valence-corrected chi connectivity index (χ2v) is 6.70. The molecule has 2 heterocycles. The SMILES string of the molecule is CC1(C#N)CCN(S(=O)(=O)c2cccnc2)CC1. The lowest BCUT2D eigenvalue weighted by Crippen LogP contribution is -2.41. The van der Waals surface area contributed by atoms with Crippen molar-refractivity contribution in [3.63, 3.8) is 0 Å². The van der Waals surface area contributed by atoms with Crippen molar-refractivity contribution in [3.05, 3.63) is 24.5 Å². The molecule has 6 heteroatoms. The second kappa shape index (κ2) is 4.67. The fourth-order valence-corrected chi connectivity index (χ4v) is 3.39. The van der Waals surface area contributed by atoms with Crippen LogP contribution in [0.25, 0.3) is 0 Å². The van der Waals surface area contributed by atoms with Gasteiger partial charge < -0.3 is 0 Å². The minimum atomic E-state index is -3.46. The molecule has 1 aliphatic heterocycles. The van der Waals surface area contributed by atoms with E-state index in [-0.39, 0.29) is 4.90 Å². The average molecular weight is 265 g/mol. The predicted octanol–water partition coefficient (Wildman–Crippen LogP) is 1.40. The molecule has 0 spiro atoms. The summed E-state index contributed by atoms with van der Waals surface area (Å²) in [6, 6.07) is 5.41. The monoisotopic (exact) mass is 265 g/mol. The van der Waals surface area contributed by atoms with E-state index in [2.05, 4.69) is 11.1 Å². The van der Waals surface area contributed by atoms with Crippen LogP contribution in [0.2, 0.25) is 0 Å². The molecule has 0 saturated carbocycles. The minimum Gasteiger partial charge on any atom is -0.263 e. The predicted molar refractivity (Wildman–Crippen MR) is 65.9 cm³/mol. The van der Waals surface area contributed by atoms with E-state index in [1.54, 1.807) is 18.3 Å². The van der Waals surface area contributed by atoms with Gasteiger partial charge in [-0.3, -0.25) is 4.98 Å². The Hall–Kier alpha value is -1.45. The van der Waals surface area contributed by atoms with E-state index in [0.717, 1.165) is 0 Å². The number of hydrogen-bond acceptors (Lipinski definition) is 4. The molecule has 0 radical (unpaired) electrons. The van der Waals surface area contributed by atoms with Crippen molar-refractivity contribution in [2.45, 2.75) is 24.7 Å². The van der Waals surface area contributed by atoms with Gasteiger partial charge in [0.2, 0.25) is 10.0 Å². The van der Waals surface area contributed by atoms with Crippen LogP contribution in [0.5, 0.6) is 0 Å². The van der Waals surface area contributed by atoms with Crippen molar-refractivity contribution in [3.8, 4) is 6.07 Å². The summed E-state index contributed by atoms with van der Waals surface area (Å²) in [7, 11) is -3.46. The van der Waals surface area contributed by atoms with Gasteiger partial charge in [-0.2, -0.15) is 9.57 Å². The number of piperidine rings is 1. The summed E-state index contributed by atoms with van der Waals surface area (Å²) in [4.78, 5) is 4.05. The summed E-state index contributed by atoms with van der Waals surface area (Å²) in [5.74, 6) is 0. The van der Waals surface area contributed by atoms with Gasteiger partial charge in [0, 0.05) is 25.5 Å². The lowest BCUT2D eigenvalue weighted by Gasteiger charge is -2.33. The van der Waals surface area contributed by atoms with E-state index >= 15 is 0 Å². The topological polar surface area (TPSA) is 74.1 Å². The Morgan fingerprint density at radius 3 is 2.61 bits per heavy atom. The van der Waals surface area contributed by atoms with E-state index in [1.165, 1.54) is 10.5 Å². The molecule has 2 rings (SSSR count). The Balaban J connectivity index is 2.18. The molecule has 1 aromatic heterocycles. The Bertz CT molecular complexity index is 555. The molecule has 0 atom stereocenters. The molecule has 1 aromatic rings. The Morgan fingerprint density at radius 1 is 1.44 bits per heavy atom. The van der Waals surface area contributed by atoms with Gasteiger partial charge in [0.25, 0.3) is 0 Å². The Morgan fingerprint density at radius 2 is 2.11 bits per heavy atom. The normalized spacial score (nSPS) is 20.2. The Kier molecular flexibility index (Phi) is 3.37. The highest BCUT2D eigenvalue weighted by molar-refractivity contribution is 7.89. The smallest absolute Gasteiger partial charge is 0.244 e.